The number of hydrogen-bond donors (Lipinski definition) is 0. The molecule has 1 saturated heterocycles. The molecule has 1 aliphatic heterocycles. The average Bonchev–Trinajstić information content (AvgIpc) is 3.10. The summed E-state index contributed by atoms with van der Waals surface area (Å²) in [5.74, 6) is 0.541. The molecule has 0 radical (unpaired) electrons. The smallest absolute Gasteiger partial charge is 0.319 e. The van der Waals surface area contributed by atoms with Crippen LogP contribution in [0.15, 0.2) is 0 Å². The predicted octanol–water partition coefficient (Wildman–Crippen LogP) is 1.85. The number of carbonyl (C=O) groups excluding carboxylic acids is 1. The van der Waals surface area contributed by atoms with Gasteiger partial charge in [0, 0.05) is 18.5 Å². The first kappa shape index (κ1) is 11.3. The van der Waals surface area contributed by atoms with Crippen molar-refractivity contribution in [3.8, 4) is 0 Å². The minimum Gasteiger partial charge on any atom is -0.468 e. The molecule has 0 aromatic rings. The van der Waals surface area contributed by atoms with Crippen LogP contribution in [0.5, 0.6) is 0 Å². The van der Waals surface area contributed by atoms with E-state index >= 15 is 0 Å². The fourth-order valence-electron chi connectivity index (χ4n) is 1.89. The van der Waals surface area contributed by atoms with Crippen molar-refractivity contribution in [1.29, 1.82) is 0 Å². The largest absolute Gasteiger partial charge is 0.468 e. The summed E-state index contributed by atoms with van der Waals surface area (Å²) in [5, 5.41) is 0.668. The number of methoxy groups -OCH3 is 1. The summed E-state index contributed by atoms with van der Waals surface area (Å²) in [7, 11) is 1.49. The molecule has 0 aromatic heterocycles. The molecule has 0 N–H and O–H groups in total. The quantitative estimate of drug-likeness (QED) is 0.690. The van der Waals surface area contributed by atoms with Gasteiger partial charge in [-0.05, 0) is 31.6 Å². The van der Waals surface area contributed by atoms with Crippen molar-refractivity contribution in [2.24, 2.45) is 5.92 Å². The Morgan fingerprint density at radius 2 is 2.00 bits per heavy atom. The van der Waals surface area contributed by atoms with Crippen LogP contribution in [0.2, 0.25) is 0 Å². The molecule has 1 saturated carbocycles. The van der Waals surface area contributed by atoms with Crippen LogP contribution in [0, 0.1) is 5.92 Å². The monoisotopic (exact) mass is 230 g/mol. The van der Waals surface area contributed by atoms with Gasteiger partial charge in [0.2, 0.25) is 0 Å². The van der Waals surface area contributed by atoms with Gasteiger partial charge in [0.1, 0.15) is 5.25 Å². The van der Waals surface area contributed by atoms with Crippen molar-refractivity contribution < 1.29 is 14.3 Å². The normalized spacial score (nSPS) is 24.9. The predicted molar refractivity (Wildman–Crippen MR) is 60.0 cm³/mol. The molecule has 2 fully saturated rings. The fraction of sp³-hybridized carbons (Fsp3) is 0.909. The minimum absolute atomic E-state index is 0.0333. The Morgan fingerprint density at radius 3 is 2.53 bits per heavy atom. The van der Waals surface area contributed by atoms with Crippen LogP contribution in [-0.2, 0) is 14.3 Å². The lowest BCUT2D eigenvalue weighted by atomic mass is 10.2. The summed E-state index contributed by atoms with van der Waals surface area (Å²) < 4.78 is 10.2. The fourth-order valence-corrected chi connectivity index (χ4v) is 3.47. The van der Waals surface area contributed by atoms with E-state index in [1.165, 1.54) is 20.0 Å². The van der Waals surface area contributed by atoms with E-state index in [2.05, 4.69) is 0 Å². The molecule has 1 heterocycles. The summed E-state index contributed by atoms with van der Waals surface area (Å²) >= 11 is 1.81. The molecule has 4 heteroatoms. The van der Waals surface area contributed by atoms with Crippen molar-refractivity contribution in [2.45, 2.75) is 36.2 Å². The van der Waals surface area contributed by atoms with Gasteiger partial charge in [-0.2, -0.15) is 0 Å². The van der Waals surface area contributed by atoms with Crippen molar-refractivity contribution in [3.63, 3.8) is 0 Å². The number of thioether (sulfide) groups is 1. The maximum Gasteiger partial charge on any atom is 0.319 e. The number of esters is 1. The Hall–Kier alpha value is -0.220. The molecular formula is C11H18O3S. The molecule has 1 unspecified atom stereocenters. The molecule has 0 amide bonds. The second kappa shape index (κ2) is 5.21. The number of rotatable bonds is 4. The molecule has 1 atom stereocenters. The van der Waals surface area contributed by atoms with Crippen LogP contribution in [0.25, 0.3) is 0 Å². The van der Waals surface area contributed by atoms with Crippen molar-refractivity contribution in [3.05, 3.63) is 0 Å². The average molecular weight is 230 g/mol. The highest BCUT2D eigenvalue weighted by atomic mass is 32.2. The Labute approximate surface area is 94.9 Å². The Kier molecular flexibility index (Phi) is 3.92. The maximum absolute atomic E-state index is 11.6. The van der Waals surface area contributed by atoms with E-state index in [9.17, 15) is 4.79 Å². The van der Waals surface area contributed by atoms with Gasteiger partial charge in [-0.25, -0.2) is 0 Å². The second-order valence-corrected chi connectivity index (χ2v) is 5.68. The van der Waals surface area contributed by atoms with Crippen molar-refractivity contribution >= 4 is 17.7 Å². The summed E-state index contributed by atoms with van der Waals surface area (Å²) in [6.07, 6.45) is 4.53. The van der Waals surface area contributed by atoms with Crippen LogP contribution in [-0.4, -0.2) is 36.8 Å². The summed E-state index contributed by atoms with van der Waals surface area (Å²) in [6, 6.07) is 0. The molecule has 2 aliphatic rings. The first-order chi connectivity index (χ1) is 7.31. The van der Waals surface area contributed by atoms with E-state index in [0.717, 1.165) is 26.1 Å². The Morgan fingerprint density at radius 1 is 1.33 bits per heavy atom. The Bertz CT molecular complexity index is 222. The molecule has 0 bridgehead atoms. The molecule has 86 valence electrons. The van der Waals surface area contributed by atoms with Gasteiger partial charge in [-0.1, -0.05) is 0 Å². The van der Waals surface area contributed by atoms with E-state index in [-0.39, 0.29) is 11.2 Å². The molecule has 0 spiro atoms. The number of ether oxygens (including phenoxy) is 2. The zero-order valence-corrected chi connectivity index (χ0v) is 9.92. The van der Waals surface area contributed by atoms with Gasteiger partial charge in [0.25, 0.3) is 0 Å². The molecule has 2 rings (SSSR count). The zero-order valence-electron chi connectivity index (χ0n) is 9.11. The van der Waals surface area contributed by atoms with Gasteiger partial charge in [0.15, 0.2) is 0 Å². The Balaban J connectivity index is 1.84. The van der Waals surface area contributed by atoms with E-state index in [1.54, 1.807) is 0 Å². The lowest BCUT2D eigenvalue weighted by Crippen LogP contribution is -2.27. The van der Waals surface area contributed by atoms with E-state index in [0.29, 0.717) is 11.2 Å². The number of hydrogen-bond acceptors (Lipinski definition) is 4. The first-order valence-corrected chi connectivity index (χ1v) is 6.56. The lowest BCUT2D eigenvalue weighted by molar-refractivity contribution is -0.140. The number of carbonyl (C=O) groups is 1. The molecule has 15 heavy (non-hydrogen) atoms. The molecule has 0 aromatic carbocycles. The van der Waals surface area contributed by atoms with Crippen molar-refractivity contribution in [2.75, 3.05) is 20.3 Å². The topological polar surface area (TPSA) is 35.5 Å². The third kappa shape index (κ3) is 3.11. The van der Waals surface area contributed by atoms with Crippen LogP contribution >= 0.6 is 11.8 Å². The highest BCUT2D eigenvalue weighted by molar-refractivity contribution is 8.01. The lowest BCUT2D eigenvalue weighted by Gasteiger charge is -2.25. The third-order valence-corrected chi connectivity index (χ3v) is 4.72. The zero-order chi connectivity index (χ0) is 10.7. The standard InChI is InChI=1S/C11H18O3S/c1-13-11(12)10(8-2-3-8)15-9-4-6-14-7-5-9/h8-10H,2-7H2,1H3. The van der Waals surface area contributed by atoms with E-state index in [4.69, 9.17) is 9.47 Å². The van der Waals surface area contributed by atoms with Gasteiger partial charge >= 0.3 is 5.97 Å². The van der Waals surface area contributed by atoms with Crippen LogP contribution in [0.3, 0.4) is 0 Å². The molecular weight excluding hydrogens is 212 g/mol. The third-order valence-electron chi connectivity index (χ3n) is 2.99. The highest BCUT2D eigenvalue weighted by Gasteiger charge is 2.39. The van der Waals surface area contributed by atoms with Crippen LogP contribution < -0.4 is 0 Å². The van der Waals surface area contributed by atoms with Gasteiger partial charge < -0.3 is 9.47 Å². The van der Waals surface area contributed by atoms with Gasteiger partial charge in [-0.3, -0.25) is 4.79 Å². The van der Waals surface area contributed by atoms with Gasteiger partial charge in [0.05, 0.1) is 7.11 Å². The molecule has 1 aliphatic carbocycles. The van der Waals surface area contributed by atoms with E-state index in [1.807, 2.05) is 11.8 Å². The maximum atomic E-state index is 11.6. The highest BCUT2D eigenvalue weighted by Crippen LogP contribution is 2.42. The SMILES string of the molecule is COC(=O)C(SC1CCOCC1)C1CC1. The van der Waals surface area contributed by atoms with Gasteiger partial charge in [-0.15, -0.1) is 11.8 Å². The summed E-state index contributed by atoms with van der Waals surface area (Å²) in [4.78, 5) is 11.6. The summed E-state index contributed by atoms with van der Waals surface area (Å²) in [5.41, 5.74) is 0. The van der Waals surface area contributed by atoms with E-state index < -0.39 is 0 Å². The van der Waals surface area contributed by atoms with Crippen LogP contribution in [0.4, 0.5) is 0 Å². The second-order valence-electron chi connectivity index (χ2n) is 4.23. The molecule has 3 nitrogen and oxygen atoms in total. The minimum atomic E-state index is -0.0333. The van der Waals surface area contributed by atoms with Crippen LogP contribution in [0.1, 0.15) is 25.7 Å². The van der Waals surface area contributed by atoms with Crippen molar-refractivity contribution in [1.82, 2.24) is 0 Å². The summed E-state index contributed by atoms with van der Waals surface area (Å²) in [6.45, 7) is 1.69. The first-order valence-electron chi connectivity index (χ1n) is 5.62.